The molecule has 3 atom stereocenters. The zero-order valence-corrected chi connectivity index (χ0v) is 24.7. The molecule has 6 rings (SSSR count). The molecule has 2 saturated heterocycles. The smallest absolute Gasteiger partial charge is 0.407 e. The molecule has 0 radical (unpaired) electrons. The lowest BCUT2D eigenvalue weighted by atomic mass is 10.0. The summed E-state index contributed by atoms with van der Waals surface area (Å²) < 4.78 is 4.74. The molecular weight excluding hydrogens is 542 g/mol. The van der Waals surface area contributed by atoms with E-state index in [9.17, 15) is 9.59 Å². The Kier molecular flexibility index (Phi) is 8.16. The second-order valence-electron chi connectivity index (χ2n) is 11.6. The fourth-order valence-electron chi connectivity index (χ4n) is 5.91. The number of benzene rings is 2. The molecule has 0 saturated carbocycles. The van der Waals surface area contributed by atoms with Crippen molar-refractivity contribution >= 4 is 23.0 Å². The molecule has 3 unspecified atom stereocenters. The summed E-state index contributed by atoms with van der Waals surface area (Å²) in [6.45, 7) is 5.47. The van der Waals surface area contributed by atoms with Crippen molar-refractivity contribution in [2.45, 2.75) is 57.7 Å². The van der Waals surface area contributed by atoms with Gasteiger partial charge in [0.1, 0.15) is 17.7 Å². The van der Waals surface area contributed by atoms with E-state index in [1.165, 1.54) is 13.5 Å². The minimum atomic E-state index is -0.667. The number of carbonyl (C=O) groups is 2. The van der Waals surface area contributed by atoms with Gasteiger partial charge in [0, 0.05) is 17.7 Å². The predicted molar refractivity (Wildman–Crippen MR) is 164 cm³/mol. The van der Waals surface area contributed by atoms with Crippen LogP contribution in [0.4, 0.5) is 4.79 Å². The number of H-pyrrole nitrogens is 2. The number of nitrogens with one attached hydrogen (secondary N) is 4. The van der Waals surface area contributed by atoms with Crippen LogP contribution in [0.3, 0.4) is 0 Å². The number of ether oxygens (including phenoxy) is 1. The van der Waals surface area contributed by atoms with Crippen molar-refractivity contribution in [3.63, 3.8) is 0 Å². The van der Waals surface area contributed by atoms with Gasteiger partial charge in [-0.05, 0) is 74.0 Å². The number of aromatic nitrogens is 4. The molecule has 2 aliphatic rings. The maximum atomic E-state index is 13.5. The quantitative estimate of drug-likeness (QED) is 0.243. The van der Waals surface area contributed by atoms with Crippen LogP contribution >= 0.6 is 0 Å². The number of alkyl carbamates (subject to hydrolysis) is 1. The first-order valence-corrected chi connectivity index (χ1v) is 14.9. The highest BCUT2D eigenvalue weighted by Crippen LogP contribution is 2.33. The maximum absolute atomic E-state index is 13.5. The van der Waals surface area contributed by atoms with Crippen molar-refractivity contribution in [2.24, 2.45) is 5.92 Å². The maximum Gasteiger partial charge on any atom is 0.407 e. The first-order chi connectivity index (χ1) is 20.9. The van der Waals surface area contributed by atoms with Crippen molar-refractivity contribution in [3.8, 4) is 23.1 Å². The lowest BCUT2D eigenvalue weighted by Gasteiger charge is -2.29. The Balaban J connectivity index is 1.15. The number of aromatic amines is 2. The van der Waals surface area contributed by atoms with Gasteiger partial charge in [0.25, 0.3) is 0 Å². The van der Waals surface area contributed by atoms with Crippen molar-refractivity contribution in [3.05, 3.63) is 71.4 Å². The van der Waals surface area contributed by atoms with Crippen LogP contribution in [0.5, 0.6) is 0 Å². The minimum absolute atomic E-state index is 0.0849. The highest BCUT2D eigenvalue weighted by molar-refractivity contribution is 5.86. The van der Waals surface area contributed by atoms with Gasteiger partial charge in [-0.3, -0.25) is 4.79 Å². The number of nitrogens with zero attached hydrogens (tertiary/aromatic N) is 3. The molecule has 2 aromatic heterocycles. The number of rotatable bonds is 6. The van der Waals surface area contributed by atoms with Crippen molar-refractivity contribution < 1.29 is 14.3 Å². The first kappa shape index (κ1) is 28.5. The van der Waals surface area contributed by atoms with Crippen LogP contribution in [0.1, 0.15) is 74.4 Å². The fraction of sp³-hybridized carbons (Fsp3) is 0.394. The molecule has 4 N–H and O–H groups in total. The van der Waals surface area contributed by atoms with Crippen molar-refractivity contribution in [2.75, 3.05) is 20.2 Å². The topological polar surface area (TPSA) is 128 Å². The van der Waals surface area contributed by atoms with Gasteiger partial charge in [-0.1, -0.05) is 37.8 Å². The van der Waals surface area contributed by atoms with E-state index in [4.69, 9.17) is 9.72 Å². The average molecular weight is 580 g/mol. The number of carbonyl (C=O) groups excluding carboxylic acids is 2. The van der Waals surface area contributed by atoms with E-state index in [0.29, 0.717) is 12.6 Å². The Morgan fingerprint density at radius 2 is 1.81 bits per heavy atom. The zero-order valence-electron chi connectivity index (χ0n) is 24.7. The van der Waals surface area contributed by atoms with Crippen LogP contribution in [0.15, 0.2) is 48.7 Å². The number of imidazole rings is 2. The largest absolute Gasteiger partial charge is 0.453 e. The van der Waals surface area contributed by atoms with Crippen LogP contribution in [0, 0.1) is 17.8 Å². The number of likely N-dealkylation sites (tertiary alicyclic amines) is 1. The normalized spacial score (nSPS) is 18.9. The SMILES string of the molecule is COC(=O)NC(C(=O)N1CCCC1c1nc2ccc(C#Cc3ccc(-c4cnc(C5CCCN5)[nH]4)cc3)cc2[nH]1)C(C)C. The van der Waals surface area contributed by atoms with Gasteiger partial charge in [0.05, 0.1) is 42.1 Å². The molecule has 2 aromatic carbocycles. The average Bonchev–Trinajstić information content (AvgIpc) is 3.84. The van der Waals surface area contributed by atoms with Gasteiger partial charge < -0.3 is 30.2 Å². The molecule has 4 aromatic rings. The summed E-state index contributed by atoms with van der Waals surface area (Å²) in [4.78, 5) is 43.4. The Morgan fingerprint density at radius 3 is 2.56 bits per heavy atom. The highest BCUT2D eigenvalue weighted by Gasteiger charge is 2.37. The summed E-state index contributed by atoms with van der Waals surface area (Å²) in [5.74, 6) is 8.06. The summed E-state index contributed by atoms with van der Waals surface area (Å²) in [5.41, 5.74) is 5.57. The molecule has 2 aliphatic heterocycles. The Morgan fingerprint density at radius 1 is 1.02 bits per heavy atom. The molecule has 4 heterocycles. The summed E-state index contributed by atoms with van der Waals surface area (Å²) in [6.07, 6.45) is 5.24. The van der Waals surface area contributed by atoms with E-state index in [0.717, 1.165) is 70.9 Å². The monoisotopic (exact) mass is 579 g/mol. The molecule has 0 aliphatic carbocycles. The van der Waals surface area contributed by atoms with Crippen LogP contribution in [-0.2, 0) is 9.53 Å². The van der Waals surface area contributed by atoms with E-state index < -0.39 is 12.1 Å². The third-order valence-corrected chi connectivity index (χ3v) is 8.28. The van der Waals surface area contributed by atoms with Gasteiger partial charge in [-0.25, -0.2) is 14.8 Å². The van der Waals surface area contributed by atoms with Crippen LogP contribution < -0.4 is 10.6 Å². The lowest BCUT2D eigenvalue weighted by Crippen LogP contribution is -2.51. The van der Waals surface area contributed by atoms with Gasteiger partial charge in [-0.2, -0.15) is 0 Å². The molecule has 0 spiro atoms. The van der Waals surface area contributed by atoms with Gasteiger partial charge >= 0.3 is 6.09 Å². The Hall–Kier alpha value is -4.62. The minimum Gasteiger partial charge on any atom is -0.453 e. The number of fused-ring (bicyclic) bond motifs is 1. The van der Waals surface area contributed by atoms with Crippen molar-refractivity contribution in [1.82, 2.24) is 35.5 Å². The third kappa shape index (κ3) is 6.13. The van der Waals surface area contributed by atoms with E-state index in [2.05, 4.69) is 49.6 Å². The number of hydrogen-bond donors (Lipinski definition) is 4. The second kappa shape index (κ2) is 12.3. The molecule has 222 valence electrons. The third-order valence-electron chi connectivity index (χ3n) is 8.28. The van der Waals surface area contributed by atoms with E-state index >= 15 is 0 Å². The summed E-state index contributed by atoms with van der Waals surface area (Å²) in [5, 5.41) is 6.17. The Labute approximate surface area is 251 Å². The number of amides is 2. The zero-order chi connectivity index (χ0) is 29.9. The van der Waals surface area contributed by atoms with Crippen LogP contribution in [-0.4, -0.2) is 63.1 Å². The number of hydrogen-bond acceptors (Lipinski definition) is 6. The van der Waals surface area contributed by atoms with Gasteiger partial charge in [-0.15, -0.1) is 0 Å². The van der Waals surface area contributed by atoms with E-state index in [1.54, 1.807) is 0 Å². The lowest BCUT2D eigenvalue weighted by molar-refractivity contribution is -0.135. The highest BCUT2D eigenvalue weighted by atomic mass is 16.5. The molecule has 10 nitrogen and oxygen atoms in total. The van der Waals surface area contributed by atoms with E-state index in [1.807, 2.05) is 55.3 Å². The van der Waals surface area contributed by atoms with E-state index in [-0.39, 0.29) is 17.9 Å². The Bertz CT molecular complexity index is 1670. The standard InChI is InChI=1S/C33H37N7O3/c1-20(2)29(39-33(42)43-3)32(41)40-17-5-7-28(40)31-36-24-15-12-22(18-26(24)37-31)9-8-21-10-13-23(14-11-21)27-19-35-30(38-27)25-6-4-16-34-25/h10-15,18-20,25,28-29,34H,4-7,16-17H2,1-3H3,(H,35,38)(H,36,37)(H,39,42). The molecule has 43 heavy (non-hydrogen) atoms. The van der Waals surface area contributed by atoms with Crippen LogP contribution in [0.25, 0.3) is 22.3 Å². The fourth-order valence-corrected chi connectivity index (χ4v) is 5.91. The second-order valence-corrected chi connectivity index (χ2v) is 11.6. The number of methoxy groups -OCH3 is 1. The van der Waals surface area contributed by atoms with Gasteiger partial charge in [0.2, 0.25) is 5.91 Å². The molecule has 0 bridgehead atoms. The van der Waals surface area contributed by atoms with Gasteiger partial charge in [0.15, 0.2) is 0 Å². The first-order valence-electron chi connectivity index (χ1n) is 14.9. The molecule has 2 amide bonds. The molecule has 10 heteroatoms. The van der Waals surface area contributed by atoms with Crippen molar-refractivity contribution in [1.29, 1.82) is 0 Å². The summed E-state index contributed by atoms with van der Waals surface area (Å²) in [7, 11) is 1.30. The predicted octanol–water partition coefficient (Wildman–Crippen LogP) is 4.82. The summed E-state index contributed by atoms with van der Waals surface area (Å²) in [6, 6.07) is 13.5. The van der Waals surface area contributed by atoms with Crippen LogP contribution in [0.2, 0.25) is 0 Å². The molecule has 2 fully saturated rings. The molecular formula is C33H37N7O3. The summed E-state index contributed by atoms with van der Waals surface area (Å²) >= 11 is 0.